The smallest absolute Gasteiger partial charge is 0.312 e. The Bertz CT molecular complexity index is 449. The fourth-order valence-electron chi connectivity index (χ4n) is 1.65. The lowest BCUT2D eigenvalue weighted by Crippen LogP contribution is -2.30. The molecule has 1 rings (SSSR count). The molecule has 112 valence electrons. The number of carbonyl (C=O) groups is 1. The second kappa shape index (κ2) is 6.31. The van der Waals surface area contributed by atoms with Crippen LogP contribution in [-0.2, 0) is 9.53 Å². The third-order valence-corrected chi connectivity index (χ3v) is 2.78. The standard InChI is InChI=1S/C15H20F2O3/c1-9(14(19)20-15(2,3)4)12(18)10-5-7-11(8-6-10)13(16)17/h5-9,12-13,18H,1-4H3. The molecule has 2 unspecified atom stereocenters. The van der Waals surface area contributed by atoms with Crippen LogP contribution in [0, 0.1) is 5.92 Å². The molecule has 0 saturated carbocycles. The molecular weight excluding hydrogens is 266 g/mol. The fraction of sp³-hybridized carbons (Fsp3) is 0.533. The van der Waals surface area contributed by atoms with Gasteiger partial charge in [-0.25, -0.2) is 8.78 Å². The van der Waals surface area contributed by atoms with Crippen molar-refractivity contribution in [3.05, 3.63) is 35.4 Å². The summed E-state index contributed by atoms with van der Waals surface area (Å²) >= 11 is 0. The van der Waals surface area contributed by atoms with E-state index in [1.807, 2.05) is 0 Å². The lowest BCUT2D eigenvalue weighted by Gasteiger charge is -2.24. The van der Waals surface area contributed by atoms with Gasteiger partial charge in [-0.15, -0.1) is 0 Å². The third kappa shape index (κ3) is 4.56. The number of aliphatic hydroxyl groups is 1. The Hall–Kier alpha value is -1.49. The summed E-state index contributed by atoms with van der Waals surface area (Å²) in [5.74, 6) is -1.30. The van der Waals surface area contributed by atoms with Gasteiger partial charge in [-0.05, 0) is 33.3 Å². The van der Waals surface area contributed by atoms with Crippen molar-refractivity contribution in [3.63, 3.8) is 0 Å². The summed E-state index contributed by atoms with van der Waals surface area (Å²) in [6.07, 6.45) is -3.64. The number of benzene rings is 1. The Morgan fingerprint density at radius 3 is 2.00 bits per heavy atom. The van der Waals surface area contributed by atoms with Gasteiger partial charge in [0.1, 0.15) is 5.60 Å². The summed E-state index contributed by atoms with van der Waals surface area (Å²) in [7, 11) is 0. The first-order valence-electron chi connectivity index (χ1n) is 6.41. The summed E-state index contributed by atoms with van der Waals surface area (Å²) < 4.78 is 30.1. The van der Waals surface area contributed by atoms with Crippen LogP contribution >= 0.6 is 0 Å². The average molecular weight is 286 g/mol. The number of aliphatic hydroxyl groups excluding tert-OH is 1. The van der Waals surface area contributed by atoms with Crippen LogP contribution in [0.1, 0.15) is 51.4 Å². The number of ether oxygens (including phenoxy) is 1. The van der Waals surface area contributed by atoms with Crippen LogP contribution in [0.25, 0.3) is 0 Å². The van der Waals surface area contributed by atoms with Crippen molar-refractivity contribution in [3.8, 4) is 0 Å². The molecule has 0 aliphatic rings. The highest BCUT2D eigenvalue weighted by molar-refractivity contribution is 5.73. The molecule has 3 nitrogen and oxygen atoms in total. The predicted octanol–water partition coefficient (Wildman–Crippen LogP) is 3.64. The highest BCUT2D eigenvalue weighted by Crippen LogP contribution is 2.27. The number of rotatable bonds is 4. The maximum atomic E-state index is 12.4. The minimum Gasteiger partial charge on any atom is -0.460 e. The number of hydrogen-bond donors (Lipinski definition) is 1. The van der Waals surface area contributed by atoms with Crippen molar-refractivity contribution in [1.29, 1.82) is 0 Å². The molecule has 5 heteroatoms. The van der Waals surface area contributed by atoms with Crippen LogP contribution in [0.2, 0.25) is 0 Å². The molecule has 0 amide bonds. The van der Waals surface area contributed by atoms with Gasteiger partial charge in [0.05, 0.1) is 12.0 Å². The summed E-state index contributed by atoms with van der Waals surface area (Å²) in [5, 5.41) is 10.1. The van der Waals surface area contributed by atoms with Gasteiger partial charge in [-0.3, -0.25) is 4.79 Å². The molecule has 0 heterocycles. The van der Waals surface area contributed by atoms with Gasteiger partial charge < -0.3 is 9.84 Å². The van der Waals surface area contributed by atoms with Crippen LogP contribution in [0.4, 0.5) is 8.78 Å². The molecule has 0 bridgehead atoms. The minimum atomic E-state index is -2.55. The number of carbonyl (C=O) groups excluding carboxylic acids is 1. The van der Waals surface area contributed by atoms with E-state index in [0.29, 0.717) is 5.56 Å². The topological polar surface area (TPSA) is 46.5 Å². The molecule has 0 saturated heterocycles. The van der Waals surface area contributed by atoms with E-state index >= 15 is 0 Å². The van der Waals surface area contributed by atoms with Gasteiger partial charge in [0, 0.05) is 5.56 Å². The molecule has 0 radical (unpaired) electrons. The number of alkyl halides is 2. The van der Waals surface area contributed by atoms with Crippen molar-refractivity contribution in [2.45, 2.75) is 45.8 Å². The second-order valence-electron chi connectivity index (χ2n) is 5.73. The SMILES string of the molecule is CC(C(=O)OC(C)(C)C)C(O)c1ccc(C(F)F)cc1. The van der Waals surface area contributed by atoms with Crippen molar-refractivity contribution in [2.75, 3.05) is 0 Å². The second-order valence-corrected chi connectivity index (χ2v) is 5.73. The normalized spacial score (nSPS) is 15.0. The van der Waals surface area contributed by atoms with E-state index in [-0.39, 0.29) is 5.56 Å². The maximum Gasteiger partial charge on any atom is 0.312 e. The zero-order valence-corrected chi connectivity index (χ0v) is 12.1. The number of hydrogen-bond acceptors (Lipinski definition) is 3. The van der Waals surface area contributed by atoms with E-state index < -0.39 is 30.0 Å². The first-order chi connectivity index (χ1) is 9.11. The number of esters is 1. The molecule has 0 aliphatic heterocycles. The van der Waals surface area contributed by atoms with Gasteiger partial charge >= 0.3 is 5.97 Å². The molecule has 0 aromatic heterocycles. The lowest BCUT2D eigenvalue weighted by molar-refractivity contribution is -0.163. The Balaban J connectivity index is 2.78. The van der Waals surface area contributed by atoms with E-state index in [1.165, 1.54) is 24.3 Å². The van der Waals surface area contributed by atoms with Gasteiger partial charge in [0.25, 0.3) is 6.43 Å². The van der Waals surface area contributed by atoms with Crippen LogP contribution in [0.3, 0.4) is 0 Å². The van der Waals surface area contributed by atoms with Crippen molar-refractivity contribution in [2.24, 2.45) is 5.92 Å². The Kier molecular flexibility index (Phi) is 5.22. The summed E-state index contributed by atoms with van der Waals surface area (Å²) in [5.41, 5.74) is -0.344. The van der Waals surface area contributed by atoms with Crippen molar-refractivity contribution >= 4 is 5.97 Å². The van der Waals surface area contributed by atoms with Crippen LogP contribution in [-0.4, -0.2) is 16.7 Å². The highest BCUT2D eigenvalue weighted by atomic mass is 19.3. The molecule has 0 aliphatic carbocycles. The monoisotopic (exact) mass is 286 g/mol. The molecule has 0 fully saturated rings. The van der Waals surface area contributed by atoms with Gasteiger partial charge in [-0.2, -0.15) is 0 Å². The summed E-state index contributed by atoms with van der Waals surface area (Å²) in [4.78, 5) is 11.8. The molecule has 0 spiro atoms. The van der Waals surface area contributed by atoms with Crippen molar-refractivity contribution < 1.29 is 23.4 Å². The quantitative estimate of drug-likeness (QED) is 0.860. The van der Waals surface area contributed by atoms with Crippen LogP contribution < -0.4 is 0 Å². The van der Waals surface area contributed by atoms with Crippen LogP contribution in [0.5, 0.6) is 0 Å². The highest BCUT2D eigenvalue weighted by Gasteiger charge is 2.28. The molecule has 20 heavy (non-hydrogen) atoms. The van der Waals surface area contributed by atoms with Crippen molar-refractivity contribution in [1.82, 2.24) is 0 Å². The van der Waals surface area contributed by atoms with Gasteiger partial charge in [0.2, 0.25) is 0 Å². The van der Waals surface area contributed by atoms with E-state index in [0.717, 1.165) is 0 Å². The van der Waals surface area contributed by atoms with E-state index in [4.69, 9.17) is 4.74 Å². The molecule has 1 N–H and O–H groups in total. The minimum absolute atomic E-state index is 0.120. The van der Waals surface area contributed by atoms with Gasteiger partial charge in [-0.1, -0.05) is 24.3 Å². The van der Waals surface area contributed by atoms with E-state index in [2.05, 4.69) is 0 Å². The Morgan fingerprint density at radius 2 is 1.60 bits per heavy atom. The Labute approximate surface area is 117 Å². The number of halogens is 2. The molecule has 2 atom stereocenters. The summed E-state index contributed by atoms with van der Waals surface area (Å²) in [6.45, 7) is 6.75. The fourth-order valence-corrected chi connectivity index (χ4v) is 1.65. The summed E-state index contributed by atoms with van der Waals surface area (Å²) in [6, 6.07) is 5.27. The van der Waals surface area contributed by atoms with Gasteiger partial charge in [0.15, 0.2) is 0 Å². The largest absolute Gasteiger partial charge is 0.460 e. The molecular formula is C15H20F2O3. The molecule has 1 aromatic rings. The van der Waals surface area contributed by atoms with Crippen LogP contribution in [0.15, 0.2) is 24.3 Å². The van der Waals surface area contributed by atoms with E-state index in [9.17, 15) is 18.7 Å². The van der Waals surface area contributed by atoms with E-state index in [1.54, 1.807) is 27.7 Å². The zero-order chi connectivity index (χ0) is 15.5. The Morgan fingerprint density at radius 1 is 1.15 bits per heavy atom. The predicted molar refractivity (Wildman–Crippen MR) is 71.4 cm³/mol. The zero-order valence-electron chi connectivity index (χ0n) is 12.1. The average Bonchev–Trinajstić information content (AvgIpc) is 2.35. The maximum absolute atomic E-state index is 12.4. The third-order valence-electron chi connectivity index (χ3n) is 2.78. The first-order valence-corrected chi connectivity index (χ1v) is 6.41. The molecule has 1 aromatic carbocycles. The first kappa shape index (κ1) is 16.6. The lowest BCUT2D eigenvalue weighted by atomic mass is 9.96.